The van der Waals surface area contributed by atoms with Gasteiger partial charge >= 0.3 is 5.97 Å². The monoisotopic (exact) mass is 285 g/mol. The molecule has 1 aromatic heterocycles. The highest BCUT2D eigenvalue weighted by molar-refractivity contribution is 5.70. The van der Waals surface area contributed by atoms with Crippen LogP contribution in [-0.2, 0) is 17.6 Å². The molecule has 0 aliphatic heterocycles. The predicted octanol–water partition coefficient (Wildman–Crippen LogP) is 2.88. The minimum Gasteiger partial charge on any atom is -0.497 e. The fourth-order valence-electron chi connectivity index (χ4n) is 2.30. The smallest absolute Gasteiger partial charge is 0.307 e. The zero-order chi connectivity index (χ0) is 15.2. The lowest BCUT2D eigenvalue weighted by Gasteiger charge is -2.13. The highest BCUT2D eigenvalue weighted by Crippen LogP contribution is 2.18. The van der Waals surface area contributed by atoms with E-state index in [1.165, 1.54) is 0 Å². The summed E-state index contributed by atoms with van der Waals surface area (Å²) < 4.78 is 5.17. The zero-order valence-corrected chi connectivity index (χ0v) is 12.2. The molecule has 0 saturated heterocycles. The van der Waals surface area contributed by atoms with Crippen molar-refractivity contribution in [3.8, 4) is 5.75 Å². The van der Waals surface area contributed by atoms with Gasteiger partial charge in [0.1, 0.15) is 5.75 Å². The summed E-state index contributed by atoms with van der Waals surface area (Å²) in [5.41, 5.74) is 2.66. The lowest BCUT2D eigenvalue weighted by Crippen LogP contribution is -2.19. The number of nitrogens with zero attached hydrogens (tertiary/aromatic N) is 1. The van der Waals surface area contributed by atoms with Crippen LogP contribution in [0.25, 0.3) is 0 Å². The Kier molecular flexibility index (Phi) is 4.93. The van der Waals surface area contributed by atoms with Gasteiger partial charge in [-0.25, -0.2) is 0 Å². The van der Waals surface area contributed by atoms with Gasteiger partial charge < -0.3 is 9.84 Å². The molecule has 0 spiro atoms. The van der Waals surface area contributed by atoms with Crippen LogP contribution in [0.2, 0.25) is 0 Å². The van der Waals surface area contributed by atoms with Gasteiger partial charge in [0.25, 0.3) is 0 Å². The number of rotatable bonds is 6. The van der Waals surface area contributed by atoms with Crippen LogP contribution < -0.4 is 4.74 Å². The molecule has 1 unspecified atom stereocenters. The quantitative estimate of drug-likeness (QED) is 0.886. The number of ether oxygens (including phenoxy) is 1. The first-order chi connectivity index (χ1) is 10.1. The van der Waals surface area contributed by atoms with Crippen LogP contribution in [0.1, 0.15) is 17.0 Å². The van der Waals surface area contributed by atoms with E-state index in [0.717, 1.165) is 22.7 Å². The summed E-state index contributed by atoms with van der Waals surface area (Å²) in [5, 5.41) is 9.43. The Hall–Kier alpha value is -2.36. The number of hydrogen-bond acceptors (Lipinski definition) is 3. The second-order valence-corrected chi connectivity index (χ2v) is 5.07. The summed E-state index contributed by atoms with van der Waals surface area (Å²) in [4.78, 5) is 15.9. The van der Waals surface area contributed by atoms with Gasteiger partial charge in [0.2, 0.25) is 0 Å². The van der Waals surface area contributed by atoms with Gasteiger partial charge in [-0.05, 0) is 43.2 Å². The minimum atomic E-state index is -0.805. The Balaban J connectivity index is 2.13. The van der Waals surface area contributed by atoms with Gasteiger partial charge in [-0.2, -0.15) is 0 Å². The molecule has 0 aliphatic carbocycles. The van der Waals surface area contributed by atoms with E-state index in [1.807, 2.05) is 49.4 Å². The second-order valence-electron chi connectivity index (χ2n) is 5.07. The first kappa shape index (κ1) is 15.0. The average Bonchev–Trinajstić information content (AvgIpc) is 2.47. The Labute approximate surface area is 124 Å². The van der Waals surface area contributed by atoms with Crippen molar-refractivity contribution in [1.82, 2.24) is 4.98 Å². The summed E-state index contributed by atoms with van der Waals surface area (Å²) in [6.07, 6.45) is 0.885. The number of carboxylic acids is 1. The average molecular weight is 285 g/mol. The van der Waals surface area contributed by atoms with Crippen molar-refractivity contribution in [2.24, 2.45) is 5.92 Å². The molecule has 0 fully saturated rings. The van der Waals surface area contributed by atoms with Gasteiger partial charge in [0.05, 0.1) is 13.0 Å². The van der Waals surface area contributed by atoms with Gasteiger partial charge in [0, 0.05) is 17.8 Å². The maximum Gasteiger partial charge on any atom is 0.307 e. The van der Waals surface area contributed by atoms with Gasteiger partial charge in [-0.3, -0.25) is 9.78 Å². The lowest BCUT2D eigenvalue weighted by atomic mass is 9.94. The molecule has 0 amide bonds. The van der Waals surface area contributed by atoms with Crippen LogP contribution in [0.4, 0.5) is 0 Å². The van der Waals surface area contributed by atoms with Crippen LogP contribution in [0, 0.1) is 12.8 Å². The Bertz CT molecular complexity index is 625. The summed E-state index contributed by atoms with van der Waals surface area (Å²) >= 11 is 0. The van der Waals surface area contributed by atoms with Crippen LogP contribution >= 0.6 is 0 Å². The van der Waals surface area contributed by atoms with Gasteiger partial charge in [-0.15, -0.1) is 0 Å². The van der Waals surface area contributed by atoms with E-state index >= 15 is 0 Å². The third-order valence-electron chi connectivity index (χ3n) is 3.37. The third-order valence-corrected chi connectivity index (χ3v) is 3.37. The molecule has 1 atom stereocenters. The molecule has 1 N–H and O–H groups in total. The van der Waals surface area contributed by atoms with E-state index in [2.05, 4.69) is 4.98 Å². The van der Waals surface area contributed by atoms with E-state index < -0.39 is 11.9 Å². The van der Waals surface area contributed by atoms with Gasteiger partial charge in [-0.1, -0.05) is 18.2 Å². The second kappa shape index (κ2) is 6.88. The Morgan fingerprint density at radius 3 is 2.67 bits per heavy atom. The standard InChI is InChI=1S/C17H19NO3/c1-12-5-3-7-15(18-12)11-14(17(19)20)9-13-6-4-8-16(10-13)21-2/h3-8,10,14H,9,11H2,1-2H3,(H,19,20). The maximum atomic E-state index is 11.5. The lowest BCUT2D eigenvalue weighted by molar-refractivity contribution is -0.141. The van der Waals surface area contributed by atoms with Crippen molar-refractivity contribution in [3.63, 3.8) is 0 Å². The number of hydrogen-bond donors (Lipinski definition) is 1. The molecule has 0 saturated carbocycles. The molecule has 0 radical (unpaired) electrons. The van der Waals surface area contributed by atoms with E-state index in [4.69, 9.17) is 4.74 Å². The van der Waals surface area contributed by atoms with Crippen LogP contribution in [-0.4, -0.2) is 23.2 Å². The molecule has 0 bridgehead atoms. The topological polar surface area (TPSA) is 59.4 Å². The largest absolute Gasteiger partial charge is 0.497 e. The van der Waals surface area contributed by atoms with Crippen LogP contribution in [0.15, 0.2) is 42.5 Å². The van der Waals surface area contributed by atoms with E-state index in [0.29, 0.717) is 12.8 Å². The van der Waals surface area contributed by atoms with Crippen molar-refractivity contribution < 1.29 is 14.6 Å². The molecule has 4 heteroatoms. The molecule has 2 rings (SSSR count). The molecule has 4 nitrogen and oxygen atoms in total. The number of aliphatic carboxylic acids is 1. The predicted molar refractivity (Wildman–Crippen MR) is 80.5 cm³/mol. The SMILES string of the molecule is COc1cccc(CC(Cc2cccc(C)n2)C(=O)O)c1. The number of carboxylic acid groups (broad SMARTS) is 1. The minimum absolute atomic E-state index is 0.425. The third kappa shape index (κ3) is 4.31. The normalized spacial score (nSPS) is 11.9. The Morgan fingerprint density at radius 2 is 2.00 bits per heavy atom. The first-order valence-corrected chi connectivity index (χ1v) is 6.86. The highest BCUT2D eigenvalue weighted by Gasteiger charge is 2.19. The molecule has 110 valence electrons. The van der Waals surface area contributed by atoms with Crippen molar-refractivity contribution in [2.45, 2.75) is 19.8 Å². The summed E-state index contributed by atoms with van der Waals surface area (Å²) in [6.45, 7) is 1.90. The van der Waals surface area contributed by atoms with E-state index in [1.54, 1.807) is 7.11 Å². The molecule has 0 aliphatic rings. The highest BCUT2D eigenvalue weighted by atomic mass is 16.5. The van der Waals surface area contributed by atoms with Crippen molar-refractivity contribution >= 4 is 5.97 Å². The number of aryl methyl sites for hydroxylation is 1. The number of pyridine rings is 1. The van der Waals surface area contributed by atoms with Crippen molar-refractivity contribution in [2.75, 3.05) is 7.11 Å². The van der Waals surface area contributed by atoms with Crippen molar-refractivity contribution in [3.05, 3.63) is 59.4 Å². The fourth-order valence-corrected chi connectivity index (χ4v) is 2.30. The van der Waals surface area contributed by atoms with E-state index in [-0.39, 0.29) is 0 Å². The molecule has 1 heterocycles. The summed E-state index contributed by atoms with van der Waals surface area (Å²) in [5.74, 6) is -0.558. The molecule has 1 aromatic carbocycles. The molecule has 2 aromatic rings. The molecular formula is C17H19NO3. The number of methoxy groups -OCH3 is 1. The van der Waals surface area contributed by atoms with Crippen molar-refractivity contribution in [1.29, 1.82) is 0 Å². The van der Waals surface area contributed by atoms with Crippen LogP contribution in [0.5, 0.6) is 5.75 Å². The Morgan fingerprint density at radius 1 is 1.24 bits per heavy atom. The first-order valence-electron chi connectivity index (χ1n) is 6.86. The molecular weight excluding hydrogens is 266 g/mol. The summed E-state index contributed by atoms with van der Waals surface area (Å²) in [7, 11) is 1.60. The van der Waals surface area contributed by atoms with Crippen LogP contribution in [0.3, 0.4) is 0 Å². The number of carbonyl (C=O) groups is 1. The summed E-state index contributed by atoms with van der Waals surface area (Å²) in [6, 6.07) is 13.2. The number of benzene rings is 1. The number of aromatic nitrogens is 1. The van der Waals surface area contributed by atoms with E-state index in [9.17, 15) is 9.90 Å². The fraction of sp³-hybridized carbons (Fsp3) is 0.294. The zero-order valence-electron chi connectivity index (χ0n) is 12.2. The molecule has 21 heavy (non-hydrogen) atoms. The maximum absolute atomic E-state index is 11.5. The van der Waals surface area contributed by atoms with Gasteiger partial charge in [0.15, 0.2) is 0 Å².